The molecule has 1 aromatic heterocycles. The molecule has 1 N–H and O–H groups in total. The van der Waals surface area contributed by atoms with E-state index in [1.807, 2.05) is 0 Å². The van der Waals surface area contributed by atoms with Gasteiger partial charge in [0, 0.05) is 18.1 Å². The van der Waals surface area contributed by atoms with E-state index in [2.05, 4.69) is 5.16 Å². The summed E-state index contributed by atoms with van der Waals surface area (Å²) in [6.45, 7) is 0. The Morgan fingerprint density at radius 1 is 1.67 bits per heavy atom. The number of carboxylic acids is 1. The average Bonchev–Trinajstić information content (AvgIpc) is 2.67. The number of hydrogen-bond donors (Lipinski definition) is 1. The van der Waals surface area contributed by atoms with Gasteiger partial charge in [-0.15, -0.1) is 0 Å². The van der Waals surface area contributed by atoms with E-state index < -0.39 is 12.1 Å². The number of carboxylic acid groups (broad SMARTS) is 1. The van der Waals surface area contributed by atoms with Crippen LogP contribution in [0.15, 0.2) is 28.8 Å². The van der Waals surface area contributed by atoms with Gasteiger partial charge in [-0.05, 0) is 0 Å². The first-order valence-corrected chi connectivity index (χ1v) is 4.39. The summed E-state index contributed by atoms with van der Waals surface area (Å²) in [7, 11) is 0. The maximum absolute atomic E-state index is 13.4. The van der Waals surface area contributed by atoms with Gasteiger partial charge < -0.3 is 9.63 Å². The molecule has 15 heavy (non-hydrogen) atoms. The number of alkyl halides is 1. The molecule has 1 aliphatic carbocycles. The van der Waals surface area contributed by atoms with Crippen LogP contribution < -0.4 is 0 Å². The SMILES string of the molecule is O=C(O)c1cc(C2=CC=CCC2F)on1. The van der Waals surface area contributed by atoms with Crippen molar-refractivity contribution in [2.75, 3.05) is 0 Å². The van der Waals surface area contributed by atoms with E-state index in [1.165, 1.54) is 6.07 Å². The van der Waals surface area contributed by atoms with E-state index >= 15 is 0 Å². The van der Waals surface area contributed by atoms with Crippen LogP contribution >= 0.6 is 0 Å². The van der Waals surface area contributed by atoms with E-state index in [4.69, 9.17) is 9.63 Å². The first kappa shape index (κ1) is 9.64. The molecule has 2 rings (SSSR count). The van der Waals surface area contributed by atoms with Gasteiger partial charge in [0.2, 0.25) is 0 Å². The van der Waals surface area contributed by atoms with Gasteiger partial charge >= 0.3 is 5.97 Å². The fourth-order valence-corrected chi connectivity index (χ4v) is 1.35. The second-order valence-corrected chi connectivity index (χ2v) is 3.13. The molecule has 1 unspecified atom stereocenters. The van der Waals surface area contributed by atoms with Gasteiger partial charge in [-0.3, -0.25) is 0 Å². The van der Waals surface area contributed by atoms with E-state index in [1.54, 1.807) is 18.2 Å². The van der Waals surface area contributed by atoms with Gasteiger partial charge in [0.05, 0.1) is 0 Å². The fraction of sp³-hybridized carbons (Fsp3) is 0.200. The van der Waals surface area contributed by atoms with Crippen molar-refractivity contribution in [1.29, 1.82) is 0 Å². The van der Waals surface area contributed by atoms with Gasteiger partial charge in [-0.2, -0.15) is 0 Å². The van der Waals surface area contributed by atoms with Crippen LogP contribution in [0.3, 0.4) is 0 Å². The molecule has 1 aliphatic rings. The number of nitrogens with zero attached hydrogens (tertiary/aromatic N) is 1. The maximum Gasteiger partial charge on any atom is 0.358 e. The van der Waals surface area contributed by atoms with Crippen molar-refractivity contribution in [3.8, 4) is 0 Å². The Kier molecular flexibility index (Phi) is 2.37. The van der Waals surface area contributed by atoms with E-state index in [-0.39, 0.29) is 17.9 Å². The zero-order chi connectivity index (χ0) is 10.8. The van der Waals surface area contributed by atoms with Crippen molar-refractivity contribution < 1.29 is 18.8 Å². The molecule has 0 saturated carbocycles. The van der Waals surface area contributed by atoms with Crippen LogP contribution in [0.4, 0.5) is 4.39 Å². The number of aromatic carboxylic acids is 1. The summed E-state index contributed by atoms with van der Waals surface area (Å²) >= 11 is 0. The van der Waals surface area contributed by atoms with E-state index in [0.29, 0.717) is 5.57 Å². The Morgan fingerprint density at radius 2 is 2.47 bits per heavy atom. The van der Waals surface area contributed by atoms with E-state index in [9.17, 15) is 9.18 Å². The van der Waals surface area contributed by atoms with Crippen LogP contribution in [0.25, 0.3) is 5.57 Å². The molecule has 1 atom stereocenters. The minimum Gasteiger partial charge on any atom is -0.476 e. The van der Waals surface area contributed by atoms with E-state index in [0.717, 1.165) is 0 Å². The predicted octanol–water partition coefficient (Wildman–Crippen LogP) is 2.05. The molecule has 4 nitrogen and oxygen atoms in total. The van der Waals surface area contributed by atoms with Gasteiger partial charge in [0.25, 0.3) is 0 Å². The third-order valence-electron chi connectivity index (χ3n) is 2.11. The van der Waals surface area contributed by atoms with Gasteiger partial charge in [0.1, 0.15) is 6.17 Å². The summed E-state index contributed by atoms with van der Waals surface area (Å²) in [6.07, 6.45) is 4.07. The molecule has 0 aliphatic heterocycles. The van der Waals surface area contributed by atoms with Crippen molar-refractivity contribution in [1.82, 2.24) is 5.16 Å². The zero-order valence-electron chi connectivity index (χ0n) is 7.68. The normalized spacial score (nSPS) is 20.1. The number of rotatable bonds is 2. The van der Waals surface area contributed by atoms with Gasteiger partial charge in [-0.25, -0.2) is 9.18 Å². The lowest BCUT2D eigenvalue weighted by atomic mass is 10.0. The summed E-state index contributed by atoms with van der Waals surface area (Å²) in [5.74, 6) is -1.02. The lowest BCUT2D eigenvalue weighted by Gasteiger charge is -2.10. The standard InChI is InChI=1S/C10H8FNO3/c11-7-4-2-1-3-6(7)9-5-8(10(13)14)12-15-9/h1-3,5,7H,4H2,(H,13,14). The summed E-state index contributed by atoms with van der Waals surface area (Å²) in [5.41, 5.74) is 0.116. The molecule has 0 spiro atoms. The molecule has 0 amide bonds. The maximum atomic E-state index is 13.4. The summed E-state index contributed by atoms with van der Waals surface area (Å²) < 4.78 is 18.2. The molecule has 0 bridgehead atoms. The Hall–Kier alpha value is -1.91. The van der Waals surface area contributed by atoms with Crippen LogP contribution in [0, 0.1) is 0 Å². The zero-order valence-corrected chi connectivity index (χ0v) is 7.68. The van der Waals surface area contributed by atoms with Crippen molar-refractivity contribution >= 4 is 11.5 Å². The van der Waals surface area contributed by atoms with Crippen LogP contribution in [0.2, 0.25) is 0 Å². The molecule has 0 fully saturated rings. The minimum atomic E-state index is -1.19. The highest BCUT2D eigenvalue weighted by Crippen LogP contribution is 2.26. The first-order valence-electron chi connectivity index (χ1n) is 4.39. The lowest BCUT2D eigenvalue weighted by Crippen LogP contribution is -2.04. The highest BCUT2D eigenvalue weighted by Gasteiger charge is 2.21. The summed E-state index contributed by atoms with van der Waals surface area (Å²) in [5, 5.41) is 11.9. The quantitative estimate of drug-likeness (QED) is 0.809. The van der Waals surface area contributed by atoms with Crippen molar-refractivity contribution in [3.63, 3.8) is 0 Å². The Labute approximate surface area is 84.7 Å². The van der Waals surface area contributed by atoms with Crippen molar-refractivity contribution in [2.45, 2.75) is 12.6 Å². The molecule has 78 valence electrons. The van der Waals surface area contributed by atoms with Crippen LogP contribution in [0.5, 0.6) is 0 Å². The molecule has 0 aromatic carbocycles. The molecular weight excluding hydrogens is 201 g/mol. The number of allylic oxidation sites excluding steroid dienone is 4. The highest BCUT2D eigenvalue weighted by atomic mass is 19.1. The topological polar surface area (TPSA) is 63.3 Å². The molecule has 0 saturated heterocycles. The second-order valence-electron chi connectivity index (χ2n) is 3.13. The molecule has 5 heteroatoms. The number of hydrogen-bond acceptors (Lipinski definition) is 3. The largest absolute Gasteiger partial charge is 0.476 e. The summed E-state index contributed by atoms with van der Waals surface area (Å²) in [4.78, 5) is 10.5. The molecule has 1 aromatic rings. The average molecular weight is 209 g/mol. The fourth-order valence-electron chi connectivity index (χ4n) is 1.35. The third kappa shape index (κ3) is 1.81. The minimum absolute atomic E-state index is 0.171. The van der Waals surface area contributed by atoms with Gasteiger partial charge in [-0.1, -0.05) is 23.4 Å². The first-order chi connectivity index (χ1) is 7.18. The number of halogens is 1. The van der Waals surface area contributed by atoms with Crippen LogP contribution in [-0.2, 0) is 0 Å². The molecule has 1 heterocycles. The molecule has 0 radical (unpaired) electrons. The Morgan fingerprint density at radius 3 is 3.07 bits per heavy atom. The van der Waals surface area contributed by atoms with Crippen LogP contribution in [-0.4, -0.2) is 22.4 Å². The van der Waals surface area contributed by atoms with Gasteiger partial charge in [0.15, 0.2) is 11.5 Å². The van der Waals surface area contributed by atoms with Crippen molar-refractivity contribution in [3.05, 3.63) is 35.7 Å². The Balaban J connectivity index is 2.33. The lowest BCUT2D eigenvalue weighted by molar-refractivity contribution is 0.0685. The van der Waals surface area contributed by atoms with Crippen LogP contribution in [0.1, 0.15) is 22.7 Å². The monoisotopic (exact) mass is 209 g/mol. The third-order valence-corrected chi connectivity index (χ3v) is 2.11. The number of carbonyl (C=O) groups is 1. The van der Waals surface area contributed by atoms with Crippen molar-refractivity contribution in [2.24, 2.45) is 0 Å². The second kappa shape index (κ2) is 3.68. The highest BCUT2D eigenvalue weighted by molar-refractivity contribution is 5.86. The predicted molar refractivity (Wildman–Crippen MR) is 50.1 cm³/mol. The smallest absolute Gasteiger partial charge is 0.358 e. The summed E-state index contributed by atoms with van der Waals surface area (Å²) in [6, 6.07) is 1.22. The Bertz CT molecular complexity index is 447. The number of aromatic nitrogens is 1. The molecular formula is C10H8FNO3.